The van der Waals surface area contributed by atoms with E-state index < -0.39 is 0 Å². The van der Waals surface area contributed by atoms with Crippen LogP contribution in [0.4, 0.5) is 0 Å². The minimum Gasteiger partial charge on any atom is -0.337 e. The van der Waals surface area contributed by atoms with Crippen LogP contribution in [0.1, 0.15) is 69.5 Å². The van der Waals surface area contributed by atoms with Gasteiger partial charge in [-0.1, -0.05) is 24.6 Å². The lowest BCUT2D eigenvalue weighted by molar-refractivity contribution is 0.0601. The van der Waals surface area contributed by atoms with Crippen LogP contribution in [0.5, 0.6) is 0 Å². The van der Waals surface area contributed by atoms with E-state index in [2.05, 4.69) is 27.3 Å². The first-order chi connectivity index (χ1) is 15.0. The second kappa shape index (κ2) is 7.66. The van der Waals surface area contributed by atoms with E-state index in [0.717, 1.165) is 28.3 Å². The maximum atomic E-state index is 13.3. The predicted octanol–water partition coefficient (Wildman–Crippen LogP) is 4.47. The largest absolute Gasteiger partial charge is 0.337 e. The lowest BCUT2D eigenvalue weighted by atomic mass is 9.77. The van der Waals surface area contributed by atoms with Crippen molar-refractivity contribution < 1.29 is 4.79 Å². The van der Waals surface area contributed by atoms with Gasteiger partial charge in [-0.25, -0.2) is 0 Å². The molecule has 2 aliphatic rings. The van der Waals surface area contributed by atoms with Gasteiger partial charge in [-0.3, -0.25) is 4.79 Å². The van der Waals surface area contributed by atoms with Crippen molar-refractivity contribution in [3.8, 4) is 17.5 Å². The summed E-state index contributed by atoms with van der Waals surface area (Å²) in [6.45, 7) is 5.32. The van der Waals surface area contributed by atoms with Crippen molar-refractivity contribution in [3.63, 3.8) is 0 Å². The van der Waals surface area contributed by atoms with E-state index in [1.807, 2.05) is 49.1 Å². The van der Waals surface area contributed by atoms with E-state index in [0.29, 0.717) is 30.5 Å². The molecule has 6 nitrogen and oxygen atoms in total. The first-order valence-electron chi connectivity index (χ1n) is 10.9. The van der Waals surface area contributed by atoms with E-state index in [-0.39, 0.29) is 5.91 Å². The summed E-state index contributed by atoms with van der Waals surface area (Å²) in [7, 11) is 0. The summed E-state index contributed by atoms with van der Waals surface area (Å²) >= 11 is 0. The SMILES string of the molecule is Cc1nnc(-c2cc(C(=O)N3CC(c4ccc(C#N)cc4)C3)c(C)cc2C2CCC2)[nH]1. The zero-order valence-corrected chi connectivity index (χ0v) is 17.9. The number of nitrogens with zero attached hydrogens (tertiary/aromatic N) is 4. The Morgan fingerprint density at radius 3 is 2.42 bits per heavy atom. The highest BCUT2D eigenvalue weighted by atomic mass is 16.2. The number of aryl methyl sites for hydroxylation is 2. The molecule has 6 heteroatoms. The van der Waals surface area contributed by atoms with Crippen molar-refractivity contribution in [2.24, 2.45) is 0 Å². The number of nitrogens with one attached hydrogen (secondary N) is 1. The molecule has 1 saturated carbocycles. The third kappa shape index (κ3) is 3.50. The highest BCUT2D eigenvalue weighted by Gasteiger charge is 2.34. The second-order valence-corrected chi connectivity index (χ2v) is 8.78. The highest BCUT2D eigenvalue weighted by Crippen LogP contribution is 2.42. The summed E-state index contributed by atoms with van der Waals surface area (Å²) in [5.74, 6) is 2.44. The summed E-state index contributed by atoms with van der Waals surface area (Å²) in [5.41, 5.74) is 5.88. The fourth-order valence-corrected chi connectivity index (χ4v) is 4.55. The van der Waals surface area contributed by atoms with E-state index in [9.17, 15) is 4.79 Å². The summed E-state index contributed by atoms with van der Waals surface area (Å²) < 4.78 is 0. The maximum absolute atomic E-state index is 13.3. The molecule has 2 heterocycles. The van der Waals surface area contributed by atoms with Crippen LogP contribution in [0.3, 0.4) is 0 Å². The molecule has 2 aromatic carbocycles. The normalized spacial score (nSPS) is 16.5. The van der Waals surface area contributed by atoms with Crippen LogP contribution in [0.25, 0.3) is 11.4 Å². The Balaban J connectivity index is 1.39. The van der Waals surface area contributed by atoms with Gasteiger partial charge in [0.15, 0.2) is 5.82 Å². The van der Waals surface area contributed by atoms with Gasteiger partial charge in [0, 0.05) is 30.1 Å². The molecule has 5 rings (SSSR count). The molecule has 31 heavy (non-hydrogen) atoms. The van der Waals surface area contributed by atoms with Gasteiger partial charge in [0.25, 0.3) is 5.91 Å². The molecule has 0 bridgehead atoms. The molecule has 1 N–H and O–H groups in total. The van der Waals surface area contributed by atoms with Gasteiger partial charge in [-0.2, -0.15) is 5.26 Å². The highest BCUT2D eigenvalue weighted by molar-refractivity contribution is 5.97. The number of nitriles is 1. The van der Waals surface area contributed by atoms with Gasteiger partial charge >= 0.3 is 0 Å². The molecule has 0 spiro atoms. The molecular formula is C25H25N5O. The van der Waals surface area contributed by atoms with Crippen LogP contribution in [0.15, 0.2) is 36.4 Å². The first-order valence-corrected chi connectivity index (χ1v) is 10.9. The van der Waals surface area contributed by atoms with Crippen molar-refractivity contribution in [2.45, 2.75) is 44.9 Å². The number of likely N-dealkylation sites (tertiary alicyclic amines) is 1. The molecule has 0 unspecified atom stereocenters. The van der Waals surface area contributed by atoms with Gasteiger partial charge < -0.3 is 9.88 Å². The molecule has 1 aromatic heterocycles. The van der Waals surface area contributed by atoms with Crippen LogP contribution in [0.2, 0.25) is 0 Å². The average molecular weight is 412 g/mol. The van der Waals surface area contributed by atoms with E-state index in [4.69, 9.17) is 5.26 Å². The fraction of sp³-hybridized carbons (Fsp3) is 0.360. The molecule has 1 amide bonds. The van der Waals surface area contributed by atoms with E-state index in [1.54, 1.807) is 0 Å². The van der Waals surface area contributed by atoms with E-state index >= 15 is 0 Å². The monoisotopic (exact) mass is 411 g/mol. The summed E-state index contributed by atoms with van der Waals surface area (Å²) in [6.07, 6.45) is 3.63. The van der Waals surface area contributed by atoms with Gasteiger partial charge in [0.05, 0.1) is 11.6 Å². The van der Waals surface area contributed by atoms with Crippen LogP contribution in [-0.4, -0.2) is 39.1 Å². The summed E-state index contributed by atoms with van der Waals surface area (Å²) in [4.78, 5) is 18.5. The Kier molecular flexibility index (Phi) is 4.82. The molecule has 0 atom stereocenters. The van der Waals surface area contributed by atoms with Crippen LogP contribution < -0.4 is 0 Å². The number of carbonyl (C=O) groups is 1. The molecular weight excluding hydrogens is 386 g/mol. The maximum Gasteiger partial charge on any atom is 0.254 e. The van der Waals surface area contributed by atoms with E-state index in [1.165, 1.54) is 30.4 Å². The molecule has 0 radical (unpaired) electrons. The molecule has 1 aliphatic heterocycles. The zero-order valence-electron chi connectivity index (χ0n) is 17.9. The average Bonchev–Trinajstić information content (AvgIpc) is 3.12. The van der Waals surface area contributed by atoms with Gasteiger partial charge in [-0.05, 0) is 67.5 Å². The van der Waals surface area contributed by atoms with Crippen molar-refractivity contribution in [1.29, 1.82) is 5.26 Å². The lowest BCUT2D eigenvalue weighted by Gasteiger charge is -2.40. The second-order valence-electron chi connectivity index (χ2n) is 8.78. The van der Waals surface area contributed by atoms with Crippen molar-refractivity contribution in [1.82, 2.24) is 20.1 Å². The van der Waals surface area contributed by atoms with Crippen LogP contribution >= 0.6 is 0 Å². The van der Waals surface area contributed by atoms with Crippen LogP contribution in [0, 0.1) is 25.2 Å². The zero-order chi connectivity index (χ0) is 21.5. The minimum absolute atomic E-state index is 0.0695. The van der Waals surface area contributed by atoms with Crippen molar-refractivity contribution in [3.05, 3.63) is 70.0 Å². The number of aromatic amines is 1. The number of benzene rings is 2. The standard InChI is InChI=1S/C25H25N5O/c1-15-10-22(19-4-3-5-19)23(24-27-16(2)28-29-24)11-21(15)25(31)30-13-20(14-30)18-8-6-17(12-26)7-9-18/h6-11,19-20H,3-5,13-14H2,1-2H3,(H,27,28,29). The minimum atomic E-state index is 0.0695. The lowest BCUT2D eigenvalue weighted by Crippen LogP contribution is -2.48. The molecule has 3 aromatic rings. The number of amides is 1. The quantitative estimate of drug-likeness (QED) is 0.686. The smallest absolute Gasteiger partial charge is 0.254 e. The Labute approximate surface area is 181 Å². The van der Waals surface area contributed by atoms with Gasteiger partial charge in [0.2, 0.25) is 0 Å². The Bertz CT molecular complexity index is 1180. The molecule has 1 aliphatic carbocycles. The summed E-state index contributed by atoms with van der Waals surface area (Å²) in [6, 6.07) is 14.0. The fourth-order valence-electron chi connectivity index (χ4n) is 4.55. The number of H-pyrrole nitrogens is 1. The van der Waals surface area contributed by atoms with Crippen molar-refractivity contribution >= 4 is 5.91 Å². The van der Waals surface area contributed by atoms with Crippen LogP contribution in [-0.2, 0) is 0 Å². The van der Waals surface area contributed by atoms with Gasteiger partial charge in [-0.15, -0.1) is 10.2 Å². The Morgan fingerprint density at radius 2 is 1.84 bits per heavy atom. The first kappa shape index (κ1) is 19.5. The topological polar surface area (TPSA) is 85.7 Å². The third-order valence-electron chi connectivity index (χ3n) is 6.71. The Morgan fingerprint density at radius 1 is 1.10 bits per heavy atom. The number of rotatable bonds is 4. The third-order valence-corrected chi connectivity index (χ3v) is 6.71. The number of hydrogen-bond donors (Lipinski definition) is 1. The molecule has 1 saturated heterocycles. The molecule has 156 valence electrons. The number of carbonyl (C=O) groups excluding carboxylic acids is 1. The van der Waals surface area contributed by atoms with Crippen molar-refractivity contribution in [2.75, 3.05) is 13.1 Å². The number of aromatic nitrogens is 3. The predicted molar refractivity (Wildman–Crippen MR) is 118 cm³/mol. The molecule has 2 fully saturated rings. The number of hydrogen-bond acceptors (Lipinski definition) is 4. The Hall–Kier alpha value is -3.46. The summed E-state index contributed by atoms with van der Waals surface area (Å²) in [5, 5.41) is 17.4. The van der Waals surface area contributed by atoms with Gasteiger partial charge in [0.1, 0.15) is 5.82 Å².